The molecule has 0 spiro atoms. The fraction of sp³-hybridized carbons (Fsp3) is 0.308. The number of aromatic nitrogens is 3. The van der Waals surface area contributed by atoms with E-state index in [9.17, 15) is 9.59 Å². The second-order valence-electron chi connectivity index (χ2n) is 4.58. The van der Waals surface area contributed by atoms with Crippen molar-refractivity contribution in [2.75, 3.05) is 0 Å². The number of thiophene rings is 1. The van der Waals surface area contributed by atoms with Gasteiger partial charge in [0.25, 0.3) is 5.56 Å². The predicted molar refractivity (Wildman–Crippen MR) is 76.6 cm³/mol. The van der Waals surface area contributed by atoms with Gasteiger partial charge in [-0.1, -0.05) is 6.92 Å². The van der Waals surface area contributed by atoms with Crippen molar-refractivity contribution in [3.05, 3.63) is 33.7 Å². The first-order valence-electron chi connectivity index (χ1n) is 6.27. The van der Waals surface area contributed by atoms with Gasteiger partial charge >= 0.3 is 5.97 Å². The highest BCUT2D eigenvalue weighted by molar-refractivity contribution is 7.16. The average Bonchev–Trinajstić information content (AvgIpc) is 2.99. The summed E-state index contributed by atoms with van der Waals surface area (Å²) < 4.78 is 2.88. The Morgan fingerprint density at radius 2 is 2.30 bits per heavy atom. The fourth-order valence-corrected chi connectivity index (χ4v) is 3.18. The van der Waals surface area contributed by atoms with Crippen molar-refractivity contribution in [2.24, 2.45) is 0 Å². The third kappa shape index (κ3) is 1.66. The Hall–Kier alpha value is -2.15. The van der Waals surface area contributed by atoms with Gasteiger partial charge < -0.3 is 5.11 Å². The van der Waals surface area contributed by atoms with Gasteiger partial charge in [0.2, 0.25) is 0 Å². The number of aryl methyl sites for hydroxylation is 1. The van der Waals surface area contributed by atoms with Gasteiger partial charge in [0.05, 0.1) is 0 Å². The first-order chi connectivity index (χ1) is 9.54. The largest absolute Gasteiger partial charge is 0.480 e. The van der Waals surface area contributed by atoms with E-state index in [-0.39, 0.29) is 5.56 Å². The van der Waals surface area contributed by atoms with Crippen LogP contribution in [0.1, 0.15) is 25.7 Å². The Balaban J connectivity index is 2.44. The first-order valence-corrected chi connectivity index (χ1v) is 7.15. The minimum atomic E-state index is -1.07. The van der Waals surface area contributed by atoms with Crippen molar-refractivity contribution in [3.63, 3.8) is 0 Å². The van der Waals surface area contributed by atoms with E-state index in [4.69, 9.17) is 5.11 Å². The molecule has 3 rings (SSSR count). The normalized spacial score (nSPS) is 13.1. The summed E-state index contributed by atoms with van der Waals surface area (Å²) in [6, 6.07) is 2.75. The van der Waals surface area contributed by atoms with E-state index in [0.717, 1.165) is 14.9 Å². The topological polar surface area (TPSA) is 76.6 Å². The van der Waals surface area contributed by atoms with Gasteiger partial charge in [-0.05, 0) is 24.4 Å². The zero-order chi connectivity index (χ0) is 14.4. The van der Waals surface area contributed by atoms with Gasteiger partial charge in [-0.3, -0.25) is 9.20 Å². The third-order valence-corrected chi connectivity index (χ3v) is 4.27. The second kappa shape index (κ2) is 4.45. The molecule has 0 saturated carbocycles. The number of carboxylic acids is 1. The standard InChI is InChI=1S/C13H13N3O3S/c1-3-10-14-16(7(2)13(18)19)11(17)9-6-8-4-5-20-12(8)15(9)10/h4-7H,3H2,1-2H3,(H,18,19)/t7-/m0/s1. The van der Waals surface area contributed by atoms with E-state index in [2.05, 4.69) is 5.10 Å². The fourth-order valence-electron chi connectivity index (χ4n) is 2.27. The molecule has 0 aliphatic heterocycles. The molecule has 0 aromatic carbocycles. The summed E-state index contributed by atoms with van der Waals surface area (Å²) in [6.45, 7) is 3.39. The molecule has 7 heteroatoms. The van der Waals surface area contributed by atoms with Crippen molar-refractivity contribution in [3.8, 4) is 0 Å². The lowest BCUT2D eigenvalue weighted by atomic mass is 10.3. The van der Waals surface area contributed by atoms with Crippen molar-refractivity contribution < 1.29 is 9.90 Å². The molecule has 0 bridgehead atoms. The lowest BCUT2D eigenvalue weighted by Gasteiger charge is -2.12. The molecule has 1 atom stereocenters. The molecule has 20 heavy (non-hydrogen) atoms. The summed E-state index contributed by atoms with van der Waals surface area (Å²) in [5.74, 6) is -0.385. The summed E-state index contributed by atoms with van der Waals surface area (Å²) in [4.78, 5) is 24.5. The number of carboxylic acid groups (broad SMARTS) is 1. The van der Waals surface area contributed by atoms with Crippen LogP contribution in [0, 0.1) is 0 Å². The van der Waals surface area contributed by atoms with E-state index in [0.29, 0.717) is 17.8 Å². The Labute approximate surface area is 117 Å². The van der Waals surface area contributed by atoms with Crippen LogP contribution in [0.25, 0.3) is 15.7 Å². The average molecular weight is 291 g/mol. The number of hydrogen-bond donors (Lipinski definition) is 1. The molecule has 6 nitrogen and oxygen atoms in total. The monoisotopic (exact) mass is 291 g/mol. The number of rotatable bonds is 3. The molecule has 104 valence electrons. The number of fused-ring (bicyclic) bond motifs is 3. The minimum absolute atomic E-state index is 0.375. The molecule has 3 heterocycles. The van der Waals surface area contributed by atoms with Crippen molar-refractivity contribution in [1.29, 1.82) is 0 Å². The molecular weight excluding hydrogens is 278 g/mol. The number of aliphatic carboxylic acids is 1. The van der Waals surface area contributed by atoms with Crippen molar-refractivity contribution in [2.45, 2.75) is 26.3 Å². The lowest BCUT2D eigenvalue weighted by Crippen LogP contribution is -2.32. The molecular formula is C13H13N3O3S. The van der Waals surface area contributed by atoms with Gasteiger partial charge in [-0.15, -0.1) is 11.3 Å². The minimum Gasteiger partial charge on any atom is -0.480 e. The Morgan fingerprint density at radius 1 is 1.55 bits per heavy atom. The van der Waals surface area contributed by atoms with Gasteiger partial charge in [-0.2, -0.15) is 5.10 Å². The smallest absolute Gasteiger partial charge is 0.328 e. The van der Waals surface area contributed by atoms with Crippen LogP contribution in [-0.4, -0.2) is 25.3 Å². The van der Waals surface area contributed by atoms with Crippen LogP contribution < -0.4 is 5.56 Å². The van der Waals surface area contributed by atoms with Crippen LogP contribution in [-0.2, 0) is 11.2 Å². The summed E-state index contributed by atoms with van der Waals surface area (Å²) >= 11 is 1.54. The Kier molecular flexibility index (Phi) is 2.86. The summed E-state index contributed by atoms with van der Waals surface area (Å²) in [7, 11) is 0. The van der Waals surface area contributed by atoms with Crippen LogP contribution in [0.3, 0.4) is 0 Å². The molecule has 0 amide bonds. The molecule has 3 aromatic heterocycles. The Morgan fingerprint density at radius 3 is 2.95 bits per heavy atom. The van der Waals surface area contributed by atoms with E-state index in [1.165, 1.54) is 6.92 Å². The van der Waals surface area contributed by atoms with Gasteiger partial charge in [0.15, 0.2) is 6.04 Å². The van der Waals surface area contributed by atoms with Crippen LogP contribution in [0.5, 0.6) is 0 Å². The number of hydrogen-bond acceptors (Lipinski definition) is 4. The third-order valence-electron chi connectivity index (χ3n) is 3.36. The van der Waals surface area contributed by atoms with Gasteiger partial charge in [0.1, 0.15) is 16.2 Å². The molecule has 0 radical (unpaired) electrons. The molecule has 0 aliphatic rings. The predicted octanol–water partition coefficient (Wildman–Crippen LogP) is 1.92. The quantitative estimate of drug-likeness (QED) is 0.800. The van der Waals surface area contributed by atoms with Gasteiger partial charge in [-0.25, -0.2) is 9.48 Å². The van der Waals surface area contributed by atoms with E-state index >= 15 is 0 Å². The maximum atomic E-state index is 12.4. The lowest BCUT2D eigenvalue weighted by molar-refractivity contribution is -0.140. The van der Waals surface area contributed by atoms with E-state index in [1.54, 1.807) is 17.4 Å². The molecule has 0 aliphatic carbocycles. The molecule has 0 fully saturated rings. The van der Waals surface area contributed by atoms with Crippen LogP contribution >= 0.6 is 11.3 Å². The van der Waals surface area contributed by atoms with Crippen LogP contribution in [0.15, 0.2) is 22.3 Å². The van der Waals surface area contributed by atoms with E-state index < -0.39 is 12.0 Å². The summed E-state index contributed by atoms with van der Waals surface area (Å²) in [6.07, 6.45) is 0.616. The zero-order valence-corrected chi connectivity index (χ0v) is 11.8. The maximum absolute atomic E-state index is 12.4. The molecule has 1 N–H and O–H groups in total. The van der Waals surface area contributed by atoms with Crippen LogP contribution in [0.2, 0.25) is 0 Å². The molecule has 0 unspecified atom stereocenters. The second-order valence-corrected chi connectivity index (χ2v) is 5.47. The highest BCUT2D eigenvalue weighted by Gasteiger charge is 2.20. The molecule has 3 aromatic rings. The highest BCUT2D eigenvalue weighted by atomic mass is 32.1. The van der Waals surface area contributed by atoms with Gasteiger partial charge in [0, 0.05) is 11.8 Å². The highest BCUT2D eigenvalue weighted by Crippen LogP contribution is 2.25. The molecule has 0 saturated heterocycles. The van der Waals surface area contributed by atoms with Crippen LogP contribution in [0.4, 0.5) is 0 Å². The maximum Gasteiger partial charge on any atom is 0.328 e. The van der Waals surface area contributed by atoms with E-state index in [1.807, 2.05) is 22.8 Å². The summed E-state index contributed by atoms with van der Waals surface area (Å²) in [5.41, 5.74) is 0.104. The first kappa shape index (κ1) is 12.9. The van der Waals surface area contributed by atoms with Crippen molar-refractivity contribution >= 4 is 33.0 Å². The number of nitrogens with zero attached hydrogens (tertiary/aromatic N) is 3. The zero-order valence-electron chi connectivity index (χ0n) is 11.0. The van der Waals surface area contributed by atoms with Crippen molar-refractivity contribution in [1.82, 2.24) is 14.2 Å². The summed E-state index contributed by atoms with van der Waals surface area (Å²) in [5, 5.41) is 16.3. The Bertz CT molecular complexity index is 874. The number of carbonyl (C=O) groups is 1. The SMILES string of the molecule is CCc1nn([C@@H](C)C(=O)O)c(=O)c2cc3ccsc3n12.